The molecule has 0 aliphatic rings. The highest BCUT2D eigenvalue weighted by Gasteiger charge is 2.08. The monoisotopic (exact) mass is 413 g/mol. The predicted molar refractivity (Wildman–Crippen MR) is 104 cm³/mol. The van der Waals surface area contributed by atoms with Crippen LogP contribution < -0.4 is 4.74 Å². The average molecular weight is 415 g/mol. The number of esters is 1. The van der Waals surface area contributed by atoms with Crippen molar-refractivity contribution in [2.45, 2.75) is 0 Å². The smallest absolute Gasteiger partial charge is 0.343 e. The Hall–Kier alpha value is -2.43. The Labute approximate surface area is 159 Å². The Balaban J connectivity index is 1.66. The van der Waals surface area contributed by atoms with E-state index in [4.69, 9.17) is 16.3 Å². The minimum absolute atomic E-state index is 0.407. The van der Waals surface area contributed by atoms with Crippen molar-refractivity contribution in [1.82, 2.24) is 0 Å². The Morgan fingerprint density at radius 2 is 1.56 bits per heavy atom. The van der Waals surface area contributed by atoms with Crippen LogP contribution in [0.15, 0.2) is 82.3 Å². The number of aliphatic imine (C=N–C) groups is 1. The second kappa shape index (κ2) is 8.10. The molecule has 25 heavy (non-hydrogen) atoms. The molecule has 0 radical (unpaired) electrons. The fraction of sp³-hybridized carbons (Fsp3) is 0. The first-order chi connectivity index (χ1) is 12.1. The van der Waals surface area contributed by atoms with Gasteiger partial charge in [0.15, 0.2) is 0 Å². The van der Waals surface area contributed by atoms with Gasteiger partial charge in [0.2, 0.25) is 0 Å². The van der Waals surface area contributed by atoms with Crippen molar-refractivity contribution in [3.8, 4) is 5.75 Å². The highest BCUT2D eigenvalue weighted by molar-refractivity contribution is 9.10. The lowest BCUT2D eigenvalue weighted by molar-refractivity contribution is 0.0735. The summed E-state index contributed by atoms with van der Waals surface area (Å²) in [5.41, 5.74) is 2.16. The van der Waals surface area contributed by atoms with Crippen LogP contribution in [0.4, 0.5) is 5.69 Å². The van der Waals surface area contributed by atoms with Gasteiger partial charge >= 0.3 is 5.97 Å². The summed E-state index contributed by atoms with van der Waals surface area (Å²) in [5.74, 6) is 0.0913. The fourth-order valence-corrected chi connectivity index (χ4v) is 2.44. The molecule has 0 saturated carbocycles. The largest absolute Gasteiger partial charge is 0.423 e. The molecule has 0 saturated heterocycles. The predicted octanol–water partition coefficient (Wildman–Crippen LogP) is 6.07. The molecule has 0 N–H and O–H groups in total. The summed E-state index contributed by atoms with van der Waals surface area (Å²) in [6.45, 7) is 0. The summed E-state index contributed by atoms with van der Waals surface area (Å²) in [5, 5.41) is 0.686. The number of carbonyl (C=O) groups excluding carboxylic acids is 1. The van der Waals surface area contributed by atoms with Crippen LogP contribution in [-0.2, 0) is 0 Å². The number of hydrogen-bond acceptors (Lipinski definition) is 3. The van der Waals surface area contributed by atoms with E-state index in [2.05, 4.69) is 20.9 Å². The Morgan fingerprint density at radius 3 is 2.20 bits per heavy atom. The molecule has 3 aromatic rings. The van der Waals surface area contributed by atoms with E-state index in [-0.39, 0.29) is 0 Å². The van der Waals surface area contributed by atoms with Crippen LogP contribution >= 0.6 is 27.5 Å². The number of halogens is 2. The van der Waals surface area contributed by atoms with Gasteiger partial charge in [-0.2, -0.15) is 0 Å². The number of carbonyl (C=O) groups is 1. The van der Waals surface area contributed by atoms with Crippen molar-refractivity contribution in [3.63, 3.8) is 0 Å². The molecule has 0 aliphatic heterocycles. The summed E-state index contributed by atoms with van der Waals surface area (Å²) in [7, 11) is 0. The number of ether oxygens (including phenoxy) is 1. The number of hydrogen-bond donors (Lipinski definition) is 0. The molecule has 0 amide bonds. The van der Waals surface area contributed by atoms with Crippen LogP contribution in [-0.4, -0.2) is 12.2 Å². The lowest BCUT2D eigenvalue weighted by Crippen LogP contribution is -2.07. The minimum Gasteiger partial charge on any atom is -0.423 e. The van der Waals surface area contributed by atoms with Crippen molar-refractivity contribution in [1.29, 1.82) is 0 Å². The van der Waals surface area contributed by atoms with Crippen molar-refractivity contribution in [3.05, 3.63) is 93.4 Å². The molecule has 0 heterocycles. The van der Waals surface area contributed by atoms with Gasteiger partial charge in [-0.3, -0.25) is 4.99 Å². The molecule has 3 rings (SSSR count). The van der Waals surface area contributed by atoms with Crippen molar-refractivity contribution < 1.29 is 9.53 Å². The van der Waals surface area contributed by atoms with E-state index < -0.39 is 5.97 Å². The van der Waals surface area contributed by atoms with Gasteiger partial charge in [0, 0.05) is 15.7 Å². The maximum absolute atomic E-state index is 12.1. The third kappa shape index (κ3) is 5.02. The molecular weight excluding hydrogens is 402 g/mol. The van der Waals surface area contributed by atoms with Crippen molar-refractivity contribution in [2.75, 3.05) is 0 Å². The zero-order valence-electron chi connectivity index (χ0n) is 13.0. The normalized spacial score (nSPS) is 10.8. The molecule has 124 valence electrons. The highest BCUT2D eigenvalue weighted by atomic mass is 79.9. The molecule has 0 atom stereocenters. The molecule has 0 aliphatic carbocycles. The molecule has 0 fully saturated rings. The first kappa shape index (κ1) is 17.4. The first-order valence-electron chi connectivity index (χ1n) is 7.47. The summed E-state index contributed by atoms with van der Waals surface area (Å²) < 4.78 is 6.25. The Kier molecular flexibility index (Phi) is 5.64. The topological polar surface area (TPSA) is 38.7 Å². The number of nitrogens with zero attached hydrogens (tertiary/aromatic N) is 1. The average Bonchev–Trinajstić information content (AvgIpc) is 2.63. The van der Waals surface area contributed by atoms with Crippen LogP contribution in [0.1, 0.15) is 15.9 Å². The van der Waals surface area contributed by atoms with Gasteiger partial charge in [0.1, 0.15) is 5.75 Å². The van der Waals surface area contributed by atoms with Gasteiger partial charge in [-0.05, 0) is 66.2 Å². The zero-order valence-corrected chi connectivity index (χ0v) is 15.4. The third-order valence-corrected chi connectivity index (χ3v) is 4.14. The first-order valence-corrected chi connectivity index (χ1v) is 8.65. The van der Waals surface area contributed by atoms with Crippen molar-refractivity contribution in [2.24, 2.45) is 4.99 Å². The molecule has 0 spiro atoms. The second-order valence-corrected chi connectivity index (χ2v) is 6.55. The second-order valence-electron chi connectivity index (χ2n) is 5.20. The Morgan fingerprint density at radius 1 is 0.920 bits per heavy atom. The maximum Gasteiger partial charge on any atom is 0.343 e. The van der Waals surface area contributed by atoms with Crippen LogP contribution in [0, 0.1) is 0 Å². The molecule has 0 aromatic heterocycles. The number of benzene rings is 3. The summed E-state index contributed by atoms with van der Waals surface area (Å²) >= 11 is 9.19. The van der Waals surface area contributed by atoms with E-state index in [9.17, 15) is 4.79 Å². The number of rotatable bonds is 4. The zero-order chi connectivity index (χ0) is 17.6. The van der Waals surface area contributed by atoms with Gasteiger partial charge in [0.05, 0.1) is 11.3 Å². The van der Waals surface area contributed by atoms with Gasteiger partial charge < -0.3 is 4.74 Å². The van der Waals surface area contributed by atoms with E-state index in [1.54, 1.807) is 42.6 Å². The van der Waals surface area contributed by atoms with Crippen molar-refractivity contribution >= 4 is 45.4 Å². The van der Waals surface area contributed by atoms with E-state index in [0.29, 0.717) is 16.3 Å². The van der Waals surface area contributed by atoms with Crippen LogP contribution in [0.2, 0.25) is 5.02 Å². The van der Waals surface area contributed by atoms with E-state index in [0.717, 1.165) is 15.7 Å². The maximum atomic E-state index is 12.1. The highest BCUT2D eigenvalue weighted by Crippen LogP contribution is 2.19. The van der Waals surface area contributed by atoms with Gasteiger partial charge in [-0.25, -0.2) is 4.79 Å². The van der Waals surface area contributed by atoms with E-state index in [1.165, 1.54) is 0 Å². The molecule has 3 aromatic carbocycles. The van der Waals surface area contributed by atoms with Crippen LogP contribution in [0.5, 0.6) is 5.75 Å². The molecule has 0 bridgehead atoms. The van der Waals surface area contributed by atoms with Crippen LogP contribution in [0.25, 0.3) is 0 Å². The van der Waals surface area contributed by atoms with E-state index >= 15 is 0 Å². The lowest BCUT2D eigenvalue weighted by Gasteiger charge is -2.04. The molecule has 5 heteroatoms. The quantitative estimate of drug-likeness (QED) is 0.295. The molecule has 3 nitrogen and oxygen atoms in total. The summed E-state index contributed by atoms with van der Waals surface area (Å²) in [4.78, 5) is 16.5. The SMILES string of the molecule is O=C(Oc1ccc(Br)cc1)c1ccc(N=Cc2ccc(Cl)cc2)cc1. The van der Waals surface area contributed by atoms with Crippen LogP contribution in [0.3, 0.4) is 0 Å². The minimum atomic E-state index is -0.407. The molecule has 0 unspecified atom stereocenters. The fourth-order valence-electron chi connectivity index (χ4n) is 2.05. The lowest BCUT2D eigenvalue weighted by atomic mass is 10.2. The standard InChI is InChI=1S/C20H13BrClNO2/c21-16-5-11-19(12-6-16)25-20(24)15-3-9-18(10-4-15)23-13-14-1-7-17(22)8-2-14/h1-13H. The van der Waals surface area contributed by atoms with Gasteiger partial charge in [-0.1, -0.05) is 39.7 Å². The Bertz CT molecular complexity index is 888. The summed E-state index contributed by atoms with van der Waals surface area (Å²) in [6, 6.07) is 21.4. The third-order valence-electron chi connectivity index (χ3n) is 3.36. The molecular formula is C20H13BrClNO2. The van der Waals surface area contributed by atoms with E-state index in [1.807, 2.05) is 36.4 Å². The van der Waals surface area contributed by atoms with Gasteiger partial charge in [-0.15, -0.1) is 0 Å². The van der Waals surface area contributed by atoms with Gasteiger partial charge in [0.25, 0.3) is 0 Å². The summed E-state index contributed by atoms with van der Waals surface area (Å²) in [6.07, 6.45) is 1.74.